The Morgan fingerprint density at radius 3 is 2.60 bits per heavy atom. The predicted molar refractivity (Wildman–Crippen MR) is 58.0 cm³/mol. The molecule has 0 atom stereocenters. The van der Waals surface area contributed by atoms with Crippen molar-refractivity contribution in [2.75, 3.05) is 5.88 Å². The van der Waals surface area contributed by atoms with Gasteiger partial charge in [0, 0.05) is 23.5 Å². The first-order valence-corrected chi connectivity index (χ1v) is 5.23. The zero-order valence-corrected chi connectivity index (χ0v) is 9.54. The fraction of sp³-hybridized carbons (Fsp3) is 0.455. The Kier molecular flexibility index (Phi) is 4.05. The lowest BCUT2D eigenvalue weighted by atomic mass is 10.1. The minimum atomic E-state index is -0.433. The van der Waals surface area contributed by atoms with Crippen LogP contribution in [0.3, 0.4) is 0 Å². The van der Waals surface area contributed by atoms with E-state index in [9.17, 15) is 8.78 Å². The Morgan fingerprint density at radius 1 is 1.33 bits per heavy atom. The molecular weight excluding hydrogens is 220 g/mol. The van der Waals surface area contributed by atoms with Crippen LogP contribution in [0.1, 0.15) is 19.4 Å². The summed E-state index contributed by atoms with van der Waals surface area (Å²) in [4.78, 5) is 0. The van der Waals surface area contributed by atoms with Crippen LogP contribution in [0, 0.1) is 11.6 Å². The summed E-state index contributed by atoms with van der Waals surface area (Å²) in [5.41, 5.74) is 0.0218. The molecule has 0 aliphatic heterocycles. The molecule has 1 aromatic rings. The lowest BCUT2D eigenvalue weighted by Gasteiger charge is -2.23. The molecule has 0 radical (unpaired) electrons. The molecule has 0 saturated carbocycles. The summed E-state index contributed by atoms with van der Waals surface area (Å²) in [6.45, 7) is 4.07. The van der Waals surface area contributed by atoms with Crippen molar-refractivity contribution in [1.82, 2.24) is 5.32 Å². The number of nitrogens with one attached hydrogen (secondary N) is 1. The second-order valence-corrected chi connectivity index (χ2v) is 4.37. The lowest BCUT2D eigenvalue weighted by molar-refractivity contribution is 0.422. The zero-order valence-electron chi connectivity index (χ0n) is 8.78. The molecule has 15 heavy (non-hydrogen) atoms. The molecule has 1 nitrogen and oxygen atoms in total. The van der Waals surface area contributed by atoms with E-state index in [1.165, 1.54) is 6.07 Å². The summed E-state index contributed by atoms with van der Waals surface area (Å²) in [6.07, 6.45) is 0. The van der Waals surface area contributed by atoms with Gasteiger partial charge in [-0.15, -0.1) is 11.6 Å². The molecule has 0 heterocycles. The van der Waals surface area contributed by atoms with E-state index in [2.05, 4.69) is 5.32 Å². The van der Waals surface area contributed by atoms with Crippen LogP contribution in [0.25, 0.3) is 0 Å². The molecule has 0 bridgehead atoms. The standard InChI is InChI=1S/C11H14ClF2N/c1-11(2,7-12)15-6-8-5-9(13)3-4-10(8)14/h3-5,15H,6-7H2,1-2H3. The highest BCUT2D eigenvalue weighted by molar-refractivity contribution is 6.18. The Balaban J connectivity index is 2.69. The van der Waals surface area contributed by atoms with Gasteiger partial charge in [0.05, 0.1) is 0 Å². The predicted octanol–water partition coefficient (Wildman–Crippen LogP) is 3.07. The monoisotopic (exact) mass is 233 g/mol. The largest absolute Gasteiger partial charge is 0.306 e. The summed E-state index contributed by atoms with van der Waals surface area (Å²) in [6, 6.07) is 3.41. The first-order valence-electron chi connectivity index (χ1n) is 4.69. The third kappa shape index (κ3) is 3.76. The van der Waals surface area contributed by atoms with Crippen molar-refractivity contribution in [3.05, 3.63) is 35.4 Å². The van der Waals surface area contributed by atoms with Gasteiger partial charge in [-0.1, -0.05) is 0 Å². The van der Waals surface area contributed by atoms with Crippen LogP contribution >= 0.6 is 11.6 Å². The number of hydrogen-bond donors (Lipinski definition) is 1. The minimum absolute atomic E-state index is 0.267. The van der Waals surface area contributed by atoms with Gasteiger partial charge in [-0.2, -0.15) is 0 Å². The van der Waals surface area contributed by atoms with Gasteiger partial charge in [0.2, 0.25) is 0 Å². The Morgan fingerprint density at radius 2 is 2.00 bits per heavy atom. The first-order chi connectivity index (χ1) is 6.94. The van der Waals surface area contributed by atoms with E-state index < -0.39 is 11.6 Å². The minimum Gasteiger partial charge on any atom is -0.306 e. The summed E-state index contributed by atoms with van der Waals surface area (Å²) in [5, 5.41) is 3.05. The van der Waals surface area contributed by atoms with Crippen molar-refractivity contribution in [2.45, 2.75) is 25.9 Å². The fourth-order valence-electron chi connectivity index (χ4n) is 1.06. The molecule has 0 aliphatic carbocycles. The van der Waals surface area contributed by atoms with E-state index in [1.807, 2.05) is 13.8 Å². The van der Waals surface area contributed by atoms with Gasteiger partial charge in [-0.25, -0.2) is 8.78 Å². The van der Waals surface area contributed by atoms with Crippen molar-refractivity contribution >= 4 is 11.6 Å². The maximum absolute atomic E-state index is 13.2. The van der Waals surface area contributed by atoms with Gasteiger partial charge < -0.3 is 5.32 Å². The highest BCUT2D eigenvalue weighted by Crippen LogP contribution is 2.12. The average Bonchev–Trinajstić information content (AvgIpc) is 2.20. The molecule has 0 fully saturated rings. The zero-order chi connectivity index (χ0) is 11.5. The van der Waals surface area contributed by atoms with Crippen molar-refractivity contribution in [1.29, 1.82) is 0 Å². The topological polar surface area (TPSA) is 12.0 Å². The van der Waals surface area contributed by atoms with Gasteiger partial charge in [0.25, 0.3) is 0 Å². The van der Waals surface area contributed by atoms with Gasteiger partial charge in [0.15, 0.2) is 0 Å². The average molecular weight is 234 g/mol. The quantitative estimate of drug-likeness (QED) is 0.789. The van der Waals surface area contributed by atoms with E-state index in [1.54, 1.807) is 0 Å². The fourth-order valence-corrected chi connectivity index (χ4v) is 1.16. The SMILES string of the molecule is CC(C)(CCl)NCc1cc(F)ccc1F. The lowest BCUT2D eigenvalue weighted by Crippen LogP contribution is -2.40. The molecule has 0 aromatic heterocycles. The molecule has 84 valence electrons. The summed E-state index contributed by atoms with van der Waals surface area (Å²) in [7, 11) is 0. The van der Waals surface area contributed by atoms with Crippen molar-refractivity contribution in [2.24, 2.45) is 0 Å². The van der Waals surface area contributed by atoms with E-state index in [4.69, 9.17) is 11.6 Å². The third-order valence-corrected chi connectivity index (χ3v) is 2.77. The number of rotatable bonds is 4. The van der Waals surface area contributed by atoms with Crippen LogP contribution in [0.2, 0.25) is 0 Å². The van der Waals surface area contributed by atoms with Crippen LogP contribution in [-0.2, 0) is 6.54 Å². The molecular formula is C11H14ClF2N. The molecule has 0 aliphatic rings. The van der Waals surface area contributed by atoms with Crippen LogP contribution in [0.4, 0.5) is 8.78 Å². The summed E-state index contributed by atoms with van der Waals surface area (Å²) in [5.74, 6) is -0.435. The molecule has 0 unspecified atom stereocenters. The molecule has 0 saturated heterocycles. The Labute approximate surface area is 93.4 Å². The van der Waals surface area contributed by atoms with Crippen molar-refractivity contribution in [3.8, 4) is 0 Å². The van der Waals surface area contributed by atoms with Crippen molar-refractivity contribution in [3.63, 3.8) is 0 Å². The van der Waals surface area contributed by atoms with Crippen LogP contribution in [0.15, 0.2) is 18.2 Å². The molecule has 1 aromatic carbocycles. The van der Waals surface area contributed by atoms with E-state index in [0.717, 1.165) is 12.1 Å². The maximum Gasteiger partial charge on any atom is 0.127 e. The van der Waals surface area contributed by atoms with Gasteiger partial charge in [-0.3, -0.25) is 0 Å². The Bertz CT molecular complexity index is 339. The van der Waals surface area contributed by atoms with E-state index in [-0.39, 0.29) is 12.1 Å². The van der Waals surface area contributed by atoms with Gasteiger partial charge in [-0.05, 0) is 32.0 Å². The van der Waals surface area contributed by atoms with Gasteiger partial charge in [0.1, 0.15) is 11.6 Å². The van der Waals surface area contributed by atoms with Crippen LogP contribution < -0.4 is 5.32 Å². The second kappa shape index (κ2) is 4.90. The third-order valence-electron chi connectivity index (χ3n) is 2.10. The maximum atomic E-state index is 13.2. The number of alkyl halides is 1. The highest BCUT2D eigenvalue weighted by atomic mass is 35.5. The van der Waals surface area contributed by atoms with E-state index >= 15 is 0 Å². The van der Waals surface area contributed by atoms with Crippen LogP contribution in [0.5, 0.6) is 0 Å². The smallest absolute Gasteiger partial charge is 0.127 e. The van der Waals surface area contributed by atoms with Crippen LogP contribution in [-0.4, -0.2) is 11.4 Å². The Hall–Kier alpha value is -0.670. The summed E-state index contributed by atoms with van der Waals surface area (Å²) < 4.78 is 26.0. The molecule has 1 N–H and O–H groups in total. The molecule has 4 heteroatoms. The van der Waals surface area contributed by atoms with Gasteiger partial charge >= 0.3 is 0 Å². The molecule has 0 spiro atoms. The number of hydrogen-bond acceptors (Lipinski definition) is 1. The second-order valence-electron chi connectivity index (χ2n) is 4.11. The van der Waals surface area contributed by atoms with E-state index in [0.29, 0.717) is 11.4 Å². The highest BCUT2D eigenvalue weighted by Gasteiger charge is 2.15. The molecule has 1 rings (SSSR count). The normalized spacial score (nSPS) is 11.8. The first kappa shape index (κ1) is 12.4. The summed E-state index contributed by atoms with van der Waals surface area (Å²) >= 11 is 5.70. The van der Waals surface area contributed by atoms with Crippen molar-refractivity contribution < 1.29 is 8.78 Å². The molecule has 0 amide bonds. The number of halogens is 3. The number of benzene rings is 1.